The van der Waals surface area contributed by atoms with Crippen molar-refractivity contribution in [3.8, 4) is 12.3 Å². The second kappa shape index (κ2) is 2.16. The molecule has 0 N–H and O–H groups in total. The van der Waals surface area contributed by atoms with Crippen molar-refractivity contribution in [2.24, 2.45) is 0 Å². The lowest BCUT2D eigenvalue weighted by Crippen LogP contribution is -1.90. The van der Waals surface area contributed by atoms with Gasteiger partial charge in [-0.25, -0.2) is 0 Å². The van der Waals surface area contributed by atoms with E-state index in [2.05, 4.69) is 6.42 Å². The first-order valence-corrected chi connectivity index (χ1v) is 1.27. The molecule has 0 aliphatic rings. The van der Waals surface area contributed by atoms with E-state index < -0.39 is 5.78 Å². The molecule has 0 saturated carbocycles. The first-order valence-electron chi connectivity index (χ1n) is 1.27. The maximum absolute atomic E-state index is 9.58. The Morgan fingerprint density at radius 2 is 2.33 bits per heavy atom. The van der Waals surface area contributed by atoms with Crippen molar-refractivity contribution in [3.63, 3.8) is 0 Å². The van der Waals surface area contributed by atoms with E-state index in [-0.39, 0.29) is 6.29 Å². The number of aldehydes is 1. The first kappa shape index (κ1) is 4.90. The molecule has 0 saturated heterocycles. The summed E-state index contributed by atoms with van der Waals surface area (Å²) in [5.41, 5.74) is 0. The van der Waals surface area contributed by atoms with E-state index in [1.807, 2.05) is 0 Å². The molecule has 0 fully saturated rings. The van der Waals surface area contributed by atoms with Crippen LogP contribution < -0.4 is 0 Å². The summed E-state index contributed by atoms with van der Waals surface area (Å²) < 4.78 is 0. The van der Waals surface area contributed by atoms with Crippen LogP contribution in [0.5, 0.6) is 0 Å². The summed E-state index contributed by atoms with van der Waals surface area (Å²) in [5, 5.41) is 0. The van der Waals surface area contributed by atoms with E-state index in [0.717, 1.165) is 0 Å². The Hall–Kier alpha value is -1.10. The van der Waals surface area contributed by atoms with Gasteiger partial charge in [0.1, 0.15) is 0 Å². The van der Waals surface area contributed by atoms with Crippen molar-refractivity contribution in [2.75, 3.05) is 0 Å². The zero-order valence-electron chi connectivity index (χ0n) is 2.97. The number of rotatable bonds is 1. The number of hydrogen-bond acceptors (Lipinski definition) is 2. The van der Waals surface area contributed by atoms with Crippen LogP contribution in [0.15, 0.2) is 0 Å². The molecule has 0 spiro atoms. The molecule has 30 valence electrons. The Morgan fingerprint density at radius 3 is 2.33 bits per heavy atom. The average molecular weight is 82.1 g/mol. The fourth-order valence-electron chi connectivity index (χ4n) is 0.0340. The topological polar surface area (TPSA) is 34.1 Å². The molecule has 0 aliphatic carbocycles. The van der Waals surface area contributed by atoms with Crippen molar-refractivity contribution in [3.05, 3.63) is 0 Å². The van der Waals surface area contributed by atoms with Crippen LogP contribution in [0.3, 0.4) is 0 Å². The number of ketones is 1. The maximum atomic E-state index is 9.58. The summed E-state index contributed by atoms with van der Waals surface area (Å²) in [6.45, 7) is 0. The van der Waals surface area contributed by atoms with Crippen molar-refractivity contribution >= 4 is 12.1 Å². The molecule has 6 heavy (non-hydrogen) atoms. The summed E-state index contributed by atoms with van der Waals surface area (Å²) in [4.78, 5) is 18.8. The fraction of sp³-hybridized carbons (Fsp3) is 0. The number of hydrogen-bond donors (Lipinski definition) is 0. The number of carbonyl (C=O) groups is 2. The lowest BCUT2D eigenvalue weighted by Gasteiger charge is -1.58. The molecule has 2 heteroatoms. The zero-order chi connectivity index (χ0) is 4.99. The molecule has 0 atom stereocenters. The standard InChI is InChI=1S/C4H2O2/c1-2-4(6)3-5/h1,3H. The zero-order valence-corrected chi connectivity index (χ0v) is 2.97. The molecule has 0 aromatic carbocycles. The smallest absolute Gasteiger partial charge is 0.268 e. The first-order chi connectivity index (χ1) is 2.81. The summed E-state index contributed by atoms with van der Waals surface area (Å²) in [6, 6.07) is 0. The van der Waals surface area contributed by atoms with Crippen molar-refractivity contribution in [2.45, 2.75) is 0 Å². The van der Waals surface area contributed by atoms with Gasteiger partial charge in [-0.3, -0.25) is 9.59 Å². The van der Waals surface area contributed by atoms with Crippen LogP contribution in [0, 0.1) is 12.3 Å². The largest absolute Gasteiger partial charge is 0.293 e. The molecular weight excluding hydrogens is 80.0 g/mol. The third-order valence-electron chi connectivity index (χ3n) is 0.249. The molecule has 0 aromatic heterocycles. The maximum Gasteiger partial charge on any atom is 0.268 e. The summed E-state index contributed by atoms with van der Waals surface area (Å²) in [5.74, 6) is 0.797. The fourth-order valence-corrected chi connectivity index (χ4v) is 0.0340. The summed E-state index contributed by atoms with van der Waals surface area (Å²) in [7, 11) is 0. The molecular formula is C4H2O2. The predicted molar refractivity (Wildman–Crippen MR) is 19.9 cm³/mol. The van der Waals surface area contributed by atoms with E-state index >= 15 is 0 Å². The lowest BCUT2D eigenvalue weighted by molar-refractivity contribution is -0.126. The van der Waals surface area contributed by atoms with Crippen LogP contribution in [-0.4, -0.2) is 12.1 Å². The van der Waals surface area contributed by atoms with Crippen LogP contribution in [0.1, 0.15) is 0 Å². The minimum atomic E-state index is -0.810. The second-order valence-electron chi connectivity index (χ2n) is 0.626. The Morgan fingerprint density at radius 1 is 1.83 bits per heavy atom. The molecule has 0 heterocycles. The average Bonchev–Trinajstić information content (AvgIpc) is 1.65. The van der Waals surface area contributed by atoms with Crippen molar-refractivity contribution in [1.82, 2.24) is 0 Å². The Balaban J connectivity index is 3.63. The van der Waals surface area contributed by atoms with E-state index in [0.29, 0.717) is 0 Å². The van der Waals surface area contributed by atoms with Gasteiger partial charge in [-0.1, -0.05) is 0 Å². The number of carbonyl (C=O) groups excluding carboxylic acids is 2. The van der Waals surface area contributed by atoms with Crippen molar-refractivity contribution < 1.29 is 9.59 Å². The van der Waals surface area contributed by atoms with Gasteiger partial charge in [0.2, 0.25) is 0 Å². The Labute approximate surface area is 35.2 Å². The molecule has 2 nitrogen and oxygen atoms in total. The van der Waals surface area contributed by atoms with Gasteiger partial charge in [0.15, 0.2) is 6.29 Å². The summed E-state index contributed by atoms with van der Waals surface area (Å²) >= 11 is 0. The Bertz CT molecular complexity index is 107. The quantitative estimate of drug-likeness (QED) is 0.183. The van der Waals surface area contributed by atoms with Crippen LogP contribution >= 0.6 is 0 Å². The van der Waals surface area contributed by atoms with E-state index in [1.54, 1.807) is 5.92 Å². The van der Waals surface area contributed by atoms with Gasteiger partial charge in [-0.2, -0.15) is 0 Å². The highest BCUT2D eigenvalue weighted by molar-refractivity contribution is 6.33. The molecule has 0 amide bonds. The van der Waals surface area contributed by atoms with Gasteiger partial charge in [0.05, 0.1) is 0 Å². The molecule has 0 bridgehead atoms. The SMILES string of the molecule is C#CC(=O)C=O. The molecule has 0 aliphatic heterocycles. The van der Waals surface area contributed by atoms with Gasteiger partial charge in [-0.05, 0) is 5.92 Å². The van der Waals surface area contributed by atoms with Gasteiger partial charge in [0, 0.05) is 0 Å². The highest BCUT2D eigenvalue weighted by Crippen LogP contribution is 1.50. The van der Waals surface area contributed by atoms with E-state index in [1.165, 1.54) is 0 Å². The molecule has 0 unspecified atom stereocenters. The van der Waals surface area contributed by atoms with Gasteiger partial charge in [0.25, 0.3) is 5.78 Å². The Kier molecular flexibility index (Phi) is 1.76. The third-order valence-corrected chi connectivity index (χ3v) is 0.249. The van der Waals surface area contributed by atoms with Gasteiger partial charge >= 0.3 is 0 Å². The minimum Gasteiger partial charge on any atom is -0.293 e. The third kappa shape index (κ3) is 1.24. The number of Topliss-reactive ketones (excluding diaryl/α,β-unsaturated/α-hetero) is 1. The molecule has 0 rings (SSSR count). The highest BCUT2D eigenvalue weighted by Gasteiger charge is 1.82. The highest BCUT2D eigenvalue weighted by atomic mass is 16.2. The van der Waals surface area contributed by atoms with E-state index in [4.69, 9.17) is 0 Å². The van der Waals surface area contributed by atoms with Crippen LogP contribution in [0.4, 0.5) is 0 Å². The van der Waals surface area contributed by atoms with E-state index in [9.17, 15) is 9.59 Å². The predicted octanol–water partition coefficient (Wildman–Crippen LogP) is -0.612. The van der Waals surface area contributed by atoms with Crippen LogP contribution in [-0.2, 0) is 9.59 Å². The molecule has 0 aromatic rings. The van der Waals surface area contributed by atoms with Crippen molar-refractivity contribution in [1.29, 1.82) is 0 Å². The monoisotopic (exact) mass is 82.0 g/mol. The van der Waals surface area contributed by atoms with Crippen LogP contribution in [0.25, 0.3) is 0 Å². The lowest BCUT2D eigenvalue weighted by atomic mass is 10.5. The van der Waals surface area contributed by atoms with Gasteiger partial charge in [-0.15, -0.1) is 6.42 Å². The number of terminal acetylenes is 1. The normalized spacial score (nSPS) is 5.83. The summed E-state index contributed by atoms with van der Waals surface area (Å²) in [6.07, 6.45) is 4.55. The van der Waals surface area contributed by atoms with Crippen LogP contribution in [0.2, 0.25) is 0 Å². The van der Waals surface area contributed by atoms with Gasteiger partial charge < -0.3 is 0 Å². The minimum absolute atomic E-state index is 0.0972. The second-order valence-corrected chi connectivity index (χ2v) is 0.626. The molecule has 0 radical (unpaired) electrons.